The van der Waals surface area contributed by atoms with Crippen molar-refractivity contribution in [1.29, 1.82) is 0 Å². The lowest BCUT2D eigenvalue weighted by Gasteiger charge is -2.18. The highest BCUT2D eigenvalue weighted by molar-refractivity contribution is 8.18. The van der Waals surface area contributed by atoms with E-state index < -0.39 is 28.1 Å². The zero-order valence-electron chi connectivity index (χ0n) is 12.2. The highest BCUT2D eigenvalue weighted by Crippen LogP contribution is 2.33. The number of nitro groups is 1. The van der Waals surface area contributed by atoms with Crippen molar-refractivity contribution in [2.24, 2.45) is 0 Å². The van der Waals surface area contributed by atoms with Crippen molar-refractivity contribution in [3.05, 3.63) is 44.8 Å². The Kier molecular flexibility index (Phi) is 4.80. The van der Waals surface area contributed by atoms with E-state index in [1.165, 1.54) is 44.4 Å². The number of nitro benzene ring substituents is 1. The van der Waals surface area contributed by atoms with Gasteiger partial charge in [-0.1, -0.05) is 0 Å². The third-order valence-corrected chi connectivity index (χ3v) is 4.04. The predicted octanol–water partition coefficient (Wildman–Crippen LogP) is 2.19. The normalized spacial score (nSPS) is 17.5. The van der Waals surface area contributed by atoms with Crippen molar-refractivity contribution in [2.75, 3.05) is 7.11 Å². The van der Waals surface area contributed by atoms with Gasteiger partial charge in [0.15, 0.2) is 0 Å². The average Bonchev–Trinajstić information content (AvgIpc) is 2.80. The van der Waals surface area contributed by atoms with Crippen LogP contribution >= 0.6 is 11.8 Å². The van der Waals surface area contributed by atoms with Gasteiger partial charge in [-0.2, -0.15) is 0 Å². The number of benzene rings is 1. The molecule has 2 amide bonds. The van der Waals surface area contributed by atoms with Crippen molar-refractivity contribution in [2.45, 2.75) is 13.0 Å². The van der Waals surface area contributed by atoms with Gasteiger partial charge >= 0.3 is 5.97 Å². The predicted molar refractivity (Wildman–Crippen MR) is 82.4 cm³/mol. The maximum atomic E-state index is 12.3. The number of hydrogen-bond acceptors (Lipinski definition) is 7. The Labute approximate surface area is 135 Å². The number of ether oxygens (including phenoxy) is 1. The second-order valence-electron chi connectivity index (χ2n) is 4.60. The zero-order valence-corrected chi connectivity index (χ0v) is 13.0. The van der Waals surface area contributed by atoms with E-state index in [1.807, 2.05) is 0 Å². The van der Waals surface area contributed by atoms with Crippen LogP contribution in [0, 0.1) is 10.1 Å². The van der Waals surface area contributed by atoms with Gasteiger partial charge in [0.2, 0.25) is 0 Å². The van der Waals surface area contributed by atoms with Crippen molar-refractivity contribution in [3.8, 4) is 0 Å². The summed E-state index contributed by atoms with van der Waals surface area (Å²) in [6.45, 7) is 1.40. The van der Waals surface area contributed by atoms with Gasteiger partial charge < -0.3 is 4.74 Å². The Hall–Kier alpha value is -2.68. The Balaban J connectivity index is 2.24. The molecule has 0 radical (unpaired) electrons. The SMILES string of the molecule is COC(=O)[C@H](C)N1C(=O)S/C(=C/c2ccc([N+](=O)[O-])cc2)C1=O. The highest BCUT2D eigenvalue weighted by Gasteiger charge is 2.41. The molecule has 1 atom stereocenters. The first-order valence-corrected chi connectivity index (χ1v) is 7.26. The molecule has 0 unspecified atom stereocenters. The van der Waals surface area contributed by atoms with E-state index >= 15 is 0 Å². The topological polar surface area (TPSA) is 107 Å². The van der Waals surface area contributed by atoms with E-state index in [9.17, 15) is 24.5 Å². The number of imide groups is 1. The Morgan fingerprint density at radius 2 is 1.96 bits per heavy atom. The smallest absolute Gasteiger partial charge is 0.328 e. The Morgan fingerprint density at radius 3 is 2.48 bits per heavy atom. The number of thioether (sulfide) groups is 1. The van der Waals surface area contributed by atoms with Gasteiger partial charge in [0.05, 0.1) is 16.9 Å². The van der Waals surface area contributed by atoms with Crippen LogP contribution in [0.1, 0.15) is 12.5 Å². The van der Waals surface area contributed by atoms with Crippen LogP contribution in [-0.4, -0.2) is 40.1 Å². The summed E-state index contributed by atoms with van der Waals surface area (Å²) >= 11 is 0.700. The van der Waals surface area contributed by atoms with Crippen molar-refractivity contribution < 1.29 is 24.0 Å². The summed E-state index contributed by atoms with van der Waals surface area (Å²) in [5.74, 6) is -1.29. The minimum absolute atomic E-state index is 0.0745. The molecule has 0 saturated carbocycles. The molecule has 0 spiro atoms. The summed E-state index contributed by atoms with van der Waals surface area (Å²) < 4.78 is 4.53. The van der Waals surface area contributed by atoms with E-state index in [4.69, 9.17) is 0 Å². The van der Waals surface area contributed by atoms with Gasteiger partial charge in [-0.25, -0.2) is 4.79 Å². The first kappa shape index (κ1) is 16.7. The van der Waals surface area contributed by atoms with Crippen LogP contribution in [0.25, 0.3) is 6.08 Å². The third-order valence-electron chi connectivity index (χ3n) is 3.15. The minimum atomic E-state index is -1.02. The lowest BCUT2D eigenvalue weighted by atomic mass is 10.2. The molecule has 1 aliphatic heterocycles. The molecule has 2 rings (SSSR count). The van der Waals surface area contributed by atoms with Gasteiger partial charge in [0.1, 0.15) is 6.04 Å². The number of non-ortho nitro benzene ring substituents is 1. The number of rotatable bonds is 4. The lowest BCUT2D eigenvalue weighted by Crippen LogP contribution is -2.42. The van der Waals surface area contributed by atoms with Crippen molar-refractivity contribution in [3.63, 3.8) is 0 Å². The first-order chi connectivity index (χ1) is 10.8. The molecule has 1 heterocycles. The second-order valence-corrected chi connectivity index (χ2v) is 5.59. The van der Waals surface area contributed by atoms with E-state index in [0.29, 0.717) is 17.3 Å². The van der Waals surface area contributed by atoms with Crippen LogP contribution in [0.15, 0.2) is 29.2 Å². The number of carbonyl (C=O) groups excluding carboxylic acids is 3. The molecule has 1 fully saturated rings. The van der Waals surface area contributed by atoms with Gasteiger partial charge in [-0.15, -0.1) is 0 Å². The quantitative estimate of drug-likeness (QED) is 0.359. The van der Waals surface area contributed by atoms with E-state index in [2.05, 4.69) is 4.74 Å². The monoisotopic (exact) mass is 336 g/mol. The van der Waals surface area contributed by atoms with Gasteiger partial charge in [0, 0.05) is 12.1 Å². The number of nitrogens with zero attached hydrogens (tertiary/aromatic N) is 2. The molecular weight excluding hydrogens is 324 g/mol. The molecule has 9 heteroatoms. The van der Waals surface area contributed by atoms with Gasteiger partial charge in [0.25, 0.3) is 16.8 Å². The van der Waals surface area contributed by atoms with Gasteiger partial charge in [-0.3, -0.25) is 24.6 Å². The first-order valence-electron chi connectivity index (χ1n) is 6.44. The molecule has 120 valence electrons. The lowest BCUT2D eigenvalue weighted by molar-refractivity contribution is -0.384. The molecule has 0 aromatic heterocycles. The molecule has 1 aliphatic rings. The summed E-state index contributed by atoms with van der Waals surface area (Å²) in [4.78, 5) is 46.7. The standard InChI is InChI=1S/C14H12N2O6S/c1-8(13(18)22-2)15-12(17)11(23-14(15)19)7-9-3-5-10(6-4-9)16(20)21/h3-8H,1-2H3/b11-7+/t8-/m0/s1. The van der Waals surface area contributed by atoms with Crippen LogP contribution < -0.4 is 0 Å². The van der Waals surface area contributed by atoms with E-state index in [0.717, 1.165) is 4.90 Å². The molecule has 0 bridgehead atoms. The van der Waals surface area contributed by atoms with Crippen LogP contribution in [-0.2, 0) is 14.3 Å². The van der Waals surface area contributed by atoms with E-state index in [1.54, 1.807) is 0 Å². The molecular formula is C14H12N2O6S. The van der Waals surface area contributed by atoms with Crippen LogP contribution in [0.4, 0.5) is 10.5 Å². The zero-order chi connectivity index (χ0) is 17.1. The van der Waals surface area contributed by atoms with Crippen molar-refractivity contribution >= 4 is 40.6 Å². The fourth-order valence-corrected chi connectivity index (χ4v) is 2.84. The second kappa shape index (κ2) is 6.61. The Bertz CT molecular complexity index is 712. The van der Waals surface area contributed by atoms with Crippen LogP contribution in [0.5, 0.6) is 0 Å². The minimum Gasteiger partial charge on any atom is -0.467 e. The summed E-state index contributed by atoms with van der Waals surface area (Å²) in [5.41, 5.74) is 0.460. The number of carbonyl (C=O) groups is 3. The average molecular weight is 336 g/mol. The number of methoxy groups -OCH3 is 1. The fraction of sp³-hybridized carbons (Fsp3) is 0.214. The number of esters is 1. The maximum absolute atomic E-state index is 12.3. The summed E-state index contributed by atoms with van der Waals surface area (Å²) in [5, 5.41) is 10.0. The van der Waals surface area contributed by atoms with Crippen LogP contribution in [0.3, 0.4) is 0 Å². The maximum Gasteiger partial charge on any atom is 0.328 e. The van der Waals surface area contributed by atoms with E-state index in [-0.39, 0.29) is 10.6 Å². The molecule has 0 N–H and O–H groups in total. The summed E-state index contributed by atoms with van der Waals surface area (Å²) in [6.07, 6.45) is 1.44. The molecule has 0 aliphatic carbocycles. The summed E-state index contributed by atoms with van der Waals surface area (Å²) in [6, 6.07) is 4.52. The molecule has 1 aromatic rings. The third kappa shape index (κ3) is 3.39. The molecule has 1 aromatic carbocycles. The highest BCUT2D eigenvalue weighted by atomic mass is 32.2. The number of amides is 2. The summed E-state index contributed by atoms with van der Waals surface area (Å²) in [7, 11) is 1.17. The van der Waals surface area contributed by atoms with Crippen LogP contribution in [0.2, 0.25) is 0 Å². The largest absolute Gasteiger partial charge is 0.467 e. The number of hydrogen-bond donors (Lipinski definition) is 0. The Morgan fingerprint density at radius 1 is 1.35 bits per heavy atom. The molecule has 8 nitrogen and oxygen atoms in total. The van der Waals surface area contributed by atoms with Gasteiger partial charge in [-0.05, 0) is 42.5 Å². The van der Waals surface area contributed by atoms with Crippen molar-refractivity contribution in [1.82, 2.24) is 4.90 Å². The molecule has 23 heavy (non-hydrogen) atoms. The molecule has 1 saturated heterocycles. The fourth-order valence-electron chi connectivity index (χ4n) is 1.93.